The number of fused-ring (bicyclic) bond motifs is 1. The van der Waals surface area contributed by atoms with E-state index in [-0.39, 0.29) is 18.9 Å². The van der Waals surface area contributed by atoms with E-state index in [9.17, 15) is 9.59 Å². The van der Waals surface area contributed by atoms with Crippen LogP contribution in [0.4, 0.5) is 0 Å². The molecule has 166 valence electrons. The van der Waals surface area contributed by atoms with Gasteiger partial charge in [-0.2, -0.15) is 0 Å². The Hall–Kier alpha value is -4.26. The lowest BCUT2D eigenvalue weighted by Crippen LogP contribution is -2.42. The number of carbonyl (C=O) groups is 2. The second-order valence-electron chi connectivity index (χ2n) is 7.59. The van der Waals surface area contributed by atoms with Crippen molar-refractivity contribution in [3.63, 3.8) is 0 Å². The van der Waals surface area contributed by atoms with Crippen molar-refractivity contribution in [2.75, 3.05) is 6.61 Å². The Kier molecular flexibility index (Phi) is 6.59. The van der Waals surface area contributed by atoms with Gasteiger partial charge in [-0.15, -0.1) is 0 Å². The number of hydrogen-bond acceptors (Lipinski definition) is 5. The number of rotatable bonds is 6. The van der Waals surface area contributed by atoms with Gasteiger partial charge in [0.05, 0.1) is 35.5 Å². The molecule has 2 aromatic carbocycles. The molecule has 33 heavy (non-hydrogen) atoms. The predicted molar refractivity (Wildman–Crippen MR) is 127 cm³/mol. The SMILES string of the molecule is Cc1cccc(OCCC(=O)NNC(=O)c2cc(-c3ccccn3)nc3ccccc23)c1C. The lowest BCUT2D eigenvalue weighted by Gasteiger charge is -2.12. The largest absolute Gasteiger partial charge is 0.493 e. The molecule has 7 nitrogen and oxygen atoms in total. The van der Waals surface area contributed by atoms with E-state index in [4.69, 9.17) is 4.74 Å². The van der Waals surface area contributed by atoms with E-state index < -0.39 is 5.91 Å². The number of para-hydroxylation sites is 1. The van der Waals surface area contributed by atoms with Crippen LogP contribution in [0, 0.1) is 13.8 Å². The van der Waals surface area contributed by atoms with Gasteiger partial charge in [0.25, 0.3) is 5.91 Å². The number of aromatic nitrogens is 2. The predicted octanol–water partition coefficient (Wildman–Crippen LogP) is 4.14. The van der Waals surface area contributed by atoms with Crippen molar-refractivity contribution in [2.24, 2.45) is 0 Å². The summed E-state index contributed by atoms with van der Waals surface area (Å²) in [5.74, 6) is -0.0383. The van der Waals surface area contributed by atoms with Crippen LogP contribution in [0.25, 0.3) is 22.3 Å². The Morgan fingerprint density at radius 1 is 0.909 bits per heavy atom. The molecule has 2 heterocycles. The average molecular weight is 441 g/mol. The Morgan fingerprint density at radius 2 is 1.73 bits per heavy atom. The summed E-state index contributed by atoms with van der Waals surface area (Å²) in [6, 6.07) is 20.3. The van der Waals surface area contributed by atoms with E-state index in [1.165, 1.54) is 0 Å². The summed E-state index contributed by atoms with van der Waals surface area (Å²) in [6.07, 6.45) is 1.77. The number of hydrazine groups is 1. The Balaban J connectivity index is 1.42. The topological polar surface area (TPSA) is 93.2 Å². The lowest BCUT2D eigenvalue weighted by molar-refractivity contribution is -0.122. The second kappa shape index (κ2) is 9.91. The fourth-order valence-corrected chi connectivity index (χ4v) is 3.40. The minimum atomic E-state index is -0.436. The van der Waals surface area contributed by atoms with Gasteiger partial charge in [0.15, 0.2) is 0 Å². The Morgan fingerprint density at radius 3 is 2.55 bits per heavy atom. The van der Waals surface area contributed by atoms with E-state index in [0.29, 0.717) is 27.9 Å². The molecule has 0 saturated heterocycles. The molecular weight excluding hydrogens is 416 g/mol. The smallest absolute Gasteiger partial charge is 0.270 e. The van der Waals surface area contributed by atoms with Crippen molar-refractivity contribution in [3.8, 4) is 17.1 Å². The van der Waals surface area contributed by atoms with E-state index in [0.717, 1.165) is 16.9 Å². The molecule has 0 saturated carbocycles. The van der Waals surface area contributed by atoms with Gasteiger partial charge in [-0.1, -0.05) is 36.4 Å². The van der Waals surface area contributed by atoms with Gasteiger partial charge in [-0.05, 0) is 55.3 Å². The van der Waals surface area contributed by atoms with E-state index >= 15 is 0 Å². The molecule has 2 amide bonds. The van der Waals surface area contributed by atoms with Crippen LogP contribution >= 0.6 is 0 Å². The normalized spacial score (nSPS) is 10.6. The molecule has 2 aromatic heterocycles. The van der Waals surface area contributed by atoms with Crippen LogP contribution in [-0.2, 0) is 4.79 Å². The molecular formula is C26H24N4O3. The highest BCUT2D eigenvalue weighted by Gasteiger charge is 2.15. The number of benzene rings is 2. The minimum Gasteiger partial charge on any atom is -0.493 e. The third-order valence-electron chi connectivity index (χ3n) is 5.35. The number of hydrogen-bond donors (Lipinski definition) is 2. The third-order valence-corrected chi connectivity index (χ3v) is 5.35. The second-order valence-corrected chi connectivity index (χ2v) is 7.59. The first-order valence-electron chi connectivity index (χ1n) is 10.6. The van der Waals surface area contributed by atoms with Crippen molar-refractivity contribution in [1.29, 1.82) is 0 Å². The van der Waals surface area contributed by atoms with Crippen molar-refractivity contribution in [1.82, 2.24) is 20.8 Å². The number of nitrogens with zero attached hydrogens (tertiary/aromatic N) is 2. The Bertz CT molecular complexity index is 1310. The van der Waals surface area contributed by atoms with Crippen molar-refractivity contribution in [2.45, 2.75) is 20.3 Å². The lowest BCUT2D eigenvalue weighted by atomic mass is 10.1. The number of amides is 2. The number of carbonyl (C=O) groups excluding carboxylic acids is 2. The molecule has 2 N–H and O–H groups in total. The zero-order valence-corrected chi connectivity index (χ0v) is 18.5. The van der Waals surface area contributed by atoms with Crippen molar-refractivity contribution < 1.29 is 14.3 Å². The molecule has 0 aliphatic rings. The van der Waals surface area contributed by atoms with Crippen molar-refractivity contribution in [3.05, 3.63) is 89.6 Å². The molecule has 0 spiro atoms. The molecule has 0 aliphatic heterocycles. The number of ether oxygens (including phenoxy) is 1. The highest BCUT2D eigenvalue weighted by atomic mass is 16.5. The summed E-state index contributed by atoms with van der Waals surface area (Å²) in [5.41, 5.74) is 9.42. The van der Waals surface area contributed by atoms with Crippen LogP contribution in [0.15, 0.2) is 72.9 Å². The first-order chi connectivity index (χ1) is 16.0. The van der Waals surface area contributed by atoms with Crippen LogP contribution < -0.4 is 15.6 Å². The van der Waals surface area contributed by atoms with Gasteiger partial charge in [-0.25, -0.2) is 4.98 Å². The minimum absolute atomic E-state index is 0.101. The number of nitrogens with one attached hydrogen (secondary N) is 2. The van der Waals surface area contributed by atoms with E-state index in [2.05, 4.69) is 20.8 Å². The summed E-state index contributed by atoms with van der Waals surface area (Å²) in [4.78, 5) is 34.1. The van der Waals surface area contributed by atoms with Crippen LogP contribution in [-0.4, -0.2) is 28.4 Å². The molecule has 0 unspecified atom stereocenters. The average Bonchev–Trinajstić information content (AvgIpc) is 2.85. The molecule has 0 fully saturated rings. The van der Waals surface area contributed by atoms with Crippen LogP contribution in [0.1, 0.15) is 27.9 Å². The standard InChI is InChI=1S/C26H24N4O3/c1-17-8-7-12-24(18(17)2)33-15-13-25(31)29-30-26(32)20-16-23(22-11-5-6-14-27-22)28-21-10-4-3-9-19(20)21/h3-12,14,16H,13,15H2,1-2H3,(H,29,31)(H,30,32). The van der Waals surface area contributed by atoms with Gasteiger partial charge < -0.3 is 4.74 Å². The van der Waals surface area contributed by atoms with Crippen LogP contribution in [0.2, 0.25) is 0 Å². The van der Waals surface area contributed by atoms with Gasteiger partial charge in [0, 0.05) is 11.6 Å². The molecule has 0 aliphatic carbocycles. The van der Waals surface area contributed by atoms with Gasteiger partial charge in [0.1, 0.15) is 5.75 Å². The number of aryl methyl sites for hydroxylation is 1. The summed E-state index contributed by atoms with van der Waals surface area (Å²) < 4.78 is 5.71. The first-order valence-corrected chi connectivity index (χ1v) is 10.6. The summed E-state index contributed by atoms with van der Waals surface area (Å²) >= 11 is 0. The monoisotopic (exact) mass is 440 g/mol. The fourth-order valence-electron chi connectivity index (χ4n) is 3.40. The molecule has 4 aromatic rings. The van der Waals surface area contributed by atoms with Gasteiger partial charge in [-0.3, -0.25) is 25.4 Å². The zero-order valence-electron chi connectivity index (χ0n) is 18.5. The van der Waals surface area contributed by atoms with Crippen molar-refractivity contribution >= 4 is 22.7 Å². The molecule has 4 rings (SSSR count). The quantitative estimate of drug-likeness (QED) is 0.440. The van der Waals surface area contributed by atoms with Gasteiger partial charge >= 0.3 is 0 Å². The first kappa shape index (κ1) is 22.0. The summed E-state index contributed by atoms with van der Waals surface area (Å²) in [6.45, 7) is 4.18. The molecule has 0 bridgehead atoms. The maximum absolute atomic E-state index is 12.9. The van der Waals surface area contributed by atoms with Crippen LogP contribution in [0.5, 0.6) is 5.75 Å². The van der Waals surface area contributed by atoms with Crippen LogP contribution in [0.3, 0.4) is 0 Å². The summed E-state index contributed by atoms with van der Waals surface area (Å²) in [7, 11) is 0. The van der Waals surface area contributed by atoms with E-state index in [1.54, 1.807) is 12.3 Å². The molecule has 0 radical (unpaired) electrons. The highest BCUT2D eigenvalue weighted by molar-refractivity contribution is 6.07. The summed E-state index contributed by atoms with van der Waals surface area (Å²) in [5, 5.41) is 0.683. The maximum Gasteiger partial charge on any atom is 0.270 e. The Labute approximate surface area is 191 Å². The number of pyridine rings is 2. The third kappa shape index (κ3) is 5.15. The molecule has 0 atom stereocenters. The maximum atomic E-state index is 12.9. The highest BCUT2D eigenvalue weighted by Crippen LogP contribution is 2.23. The zero-order chi connectivity index (χ0) is 23.2. The molecule has 7 heteroatoms. The van der Waals surface area contributed by atoms with E-state index in [1.807, 2.05) is 74.5 Å². The van der Waals surface area contributed by atoms with Gasteiger partial charge in [0.2, 0.25) is 5.91 Å². The fraction of sp³-hybridized carbons (Fsp3) is 0.154.